The molecule has 0 radical (unpaired) electrons. The lowest BCUT2D eigenvalue weighted by Crippen LogP contribution is -2.02. The maximum atomic E-state index is 12.4. The molecule has 146 valence electrons. The molecule has 4 heteroatoms. The molecule has 0 amide bonds. The summed E-state index contributed by atoms with van der Waals surface area (Å²) in [6, 6.07) is 13.9. The van der Waals surface area contributed by atoms with Gasteiger partial charge in [-0.25, -0.2) is 8.42 Å². The van der Waals surface area contributed by atoms with Crippen LogP contribution in [0.1, 0.15) is 57.2 Å². The zero-order chi connectivity index (χ0) is 20.1. The second-order valence-corrected chi connectivity index (χ2v) is 10.1. The van der Waals surface area contributed by atoms with Gasteiger partial charge in [-0.15, -0.1) is 0 Å². The summed E-state index contributed by atoms with van der Waals surface area (Å²) in [5, 5.41) is 0. The van der Waals surface area contributed by atoms with E-state index in [1.165, 1.54) is 47.9 Å². The number of allylic oxidation sites excluding steroid dienone is 2. The Bertz CT molecular complexity index is 1190. The van der Waals surface area contributed by atoms with Crippen LogP contribution in [-0.2, 0) is 9.84 Å². The van der Waals surface area contributed by atoms with E-state index in [2.05, 4.69) is 49.6 Å². The maximum absolute atomic E-state index is 12.4. The minimum atomic E-state index is -3.32. The molecular formula is C24H27NO2S. The van der Waals surface area contributed by atoms with E-state index in [0.29, 0.717) is 10.8 Å². The van der Waals surface area contributed by atoms with Crippen molar-refractivity contribution in [3.63, 3.8) is 0 Å². The summed E-state index contributed by atoms with van der Waals surface area (Å²) >= 11 is 0. The predicted octanol–water partition coefficient (Wildman–Crippen LogP) is 6.09. The van der Waals surface area contributed by atoms with Gasteiger partial charge < -0.3 is 4.40 Å². The van der Waals surface area contributed by atoms with Gasteiger partial charge in [-0.05, 0) is 67.5 Å². The molecule has 2 aromatic heterocycles. The van der Waals surface area contributed by atoms with Gasteiger partial charge in [0.05, 0.1) is 10.4 Å². The van der Waals surface area contributed by atoms with Gasteiger partial charge >= 0.3 is 0 Å². The van der Waals surface area contributed by atoms with Crippen LogP contribution in [0.25, 0.3) is 22.2 Å². The van der Waals surface area contributed by atoms with Gasteiger partial charge in [-0.3, -0.25) is 0 Å². The SMILES string of the molecule is CC(=C1CCC1)c1cc(-c2ccccc2S(C)(=O)=O)c2cc(C(C)C)ccn12. The van der Waals surface area contributed by atoms with E-state index in [1.54, 1.807) is 12.1 Å². The lowest BCUT2D eigenvalue weighted by atomic mass is 9.87. The second kappa shape index (κ2) is 6.93. The Labute approximate surface area is 167 Å². The lowest BCUT2D eigenvalue weighted by molar-refractivity contribution is 0.602. The van der Waals surface area contributed by atoms with Gasteiger partial charge in [0.25, 0.3) is 0 Å². The summed E-state index contributed by atoms with van der Waals surface area (Å²) in [7, 11) is -3.32. The Kier molecular flexibility index (Phi) is 4.70. The van der Waals surface area contributed by atoms with E-state index >= 15 is 0 Å². The Morgan fingerprint density at radius 1 is 1.04 bits per heavy atom. The number of hydrogen-bond acceptors (Lipinski definition) is 2. The normalized spacial score (nSPS) is 14.5. The topological polar surface area (TPSA) is 38.5 Å². The highest BCUT2D eigenvalue weighted by Gasteiger charge is 2.21. The summed E-state index contributed by atoms with van der Waals surface area (Å²) in [5.74, 6) is 0.410. The summed E-state index contributed by atoms with van der Waals surface area (Å²) in [4.78, 5) is 0.387. The van der Waals surface area contributed by atoms with Crippen molar-refractivity contribution in [2.75, 3.05) is 6.26 Å². The molecule has 0 N–H and O–H groups in total. The molecule has 0 aliphatic heterocycles. The first kappa shape index (κ1) is 19.0. The van der Waals surface area contributed by atoms with Crippen LogP contribution in [0.4, 0.5) is 0 Å². The molecule has 4 rings (SSSR count). The van der Waals surface area contributed by atoms with Crippen molar-refractivity contribution in [1.29, 1.82) is 0 Å². The molecule has 0 atom stereocenters. The molecule has 3 aromatic rings. The third-order valence-corrected chi connectivity index (χ3v) is 7.07. The van der Waals surface area contributed by atoms with E-state index in [4.69, 9.17) is 0 Å². The third-order valence-electron chi connectivity index (χ3n) is 5.91. The van der Waals surface area contributed by atoms with Crippen LogP contribution < -0.4 is 0 Å². The summed E-state index contributed by atoms with van der Waals surface area (Å²) in [5.41, 5.74) is 8.08. The maximum Gasteiger partial charge on any atom is 0.176 e. The van der Waals surface area contributed by atoms with E-state index in [9.17, 15) is 8.42 Å². The number of benzene rings is 1. The molecule has 28 heavy (non-hydrogen) atoms. The van der Waals surface area contributed by atoms with Crippen molar-refractivity contribution in [3.8, 4) is 11.1 Å². The monoisotopic (exact) mass is 393 g/mol. The molecule has 1 aliphatic carbocycles. The van der Waals surface area contributed by atoms with E-state index < -0.39 is 9.84 Å². The van der Waals surface area contributed by atoms with Crippen LogP contribution in [0.3, 0.4) is 0 Å². The molecule has 1 aliphatic rings. The standard InChI is InChI=1S/C24H27NO2S/c1-16(2)19-12-13-25-22(17(3)18-8-7-9-18)15-21(23(25)14-19)20-10-5-6-11-24(20)28(4,26)27/h5-6,10-16H,7-9H2,1-4H3. The molecule has 1 fully saturated rings. The zero-order valence-corrected chi connectivity index (χ0v) is 17.8. The van der Waals surface area contributed by atoms with E-state index in [1.807, 2.05) is 12.1 Å². The van der Waals surface area contributed by atoms with Gasteiger partial charge in [-0.2, -0.15) is 0 Å². The number of pyridine rings is 1. The zero-order valence-electron chi connectivity index (χ0n) is 17.0. The average molecular weight is 394 g/mol. The van der Waals surface area contributed by atoms with Crippen molar-refractivity contribution < 1.29 is 8.42 Å². The summed E-state index contributed by atoms with van der Waals surface area (Å²) < 4.78 is 27.1. The van der Waals surface area contributed by atoms with Crippen molar-refractivity contribution in [2.24, 2.45) is 0 Å². The number of sulfone groups is 1. The van der Waals surface area contributed by atoms with Gasteiger partial charge in [0.2, 0.25) is 0 Å². The molecule has 1 saturated carbocycles. The largest absolute Gasteiger partial charge is 0.316 e. The second-order valence-electron chi connectivity index (χ2n) is 8.16. The first-order valence-corrected chi connectivity index (χ1v) is 11.8. The summed E-state index contributed by atoms with van der Waals surface area (Å²) in [6.07, 6.45) is 7.01. The van der Waals surface area contributed by atoms with Crippen LogP contribution in [0.15, 0.2) is 59.1 Å². The number of aromatic nitrogens is 1. The van der Waals surface area contributed by atoms with Crippen LogP contribution in [0, 0.1) is 0 Å². The van der Waals surface area contributed by atoms with Gasteiger partial charge in [0.1, 0.15) is 0 Å². The minimum Gasteiger partial charge on any atom is -0.316 e. The smallest absolute Gasteiger partial charge is 0.176 e. The van der Waals surface area contributed by atoms with Crippen molar-refractivity contribution in [2.45, 2.75) is 50.8 Å². The molecular weight excluding hydrogens is 366 g/mol. The quantitative estimate of drug-likeness (QED) is 0.538. The highest BCUT2D eigenvalue weighted by Crippen LogP contribution is 2.39. The lowest BCUT2D eigenvalue weighted by Gasteiger charge is -2.20. The fraction of sp³-hybridized carbons (Fsp3) is 0.333. The highest BCUT2D eigenvalue weighted by molar-refractivity contribution is 7.90. The Morgan fingerprint density at radius 2 is 1.75 bits per heavy atom. The van der Waals surface area contributed by atoms with Gasteiger partial charge in [0, 0.05) is 29.3 Å². The Hall–Kier alpha value is -2.33. The molecule has 1 aromatic carbocycles. The third kappa shape index (κ3) is 3.20. The Balaban J connectivity index is 2.05. The van der Waals surface area contributed by atoms with Crippen molar-refractivity contribution in [3.05, 3.63) is 65.5 Å². The molecule has 0 bridgehead atoms. The first-order valence-electron chi connectivity index (χ1n) is 9.91. The van der Waals surface area contributed by atoms with Crippen molar-refractivity contribution >= 4 is 20.9 Å². The Morgan fingerprint density at radius 3 is 2.36 bits per heavy atom. The number of fused-ring (bicyclic) bond motifs is 1. The number of nitrogens with zero attached hydrogens (tertiary/aromatic N) is 1. The molecule has 2 heterocycles. The van der Waals surface area contributed by atoms with Crippen LogP contribution in [0.2, 0.25) is 0 Å². The molecule has 0 saturated heterocycles. The molecule has 0 unspecified atom stereocenters. The molecule has 0 spiro atoms. The average Bonchev–Trinajstić information content (AvgIpc) is 2.98. The minimum absolute atomic E-state index is 0.387. The van der Waals surface area contributed by atoms with Crippen molar-refractivity contribution in [1.82, 2.24) is 4.40 Å². The van der Waals surface area contributed by atoms with Crippen LogP contribution in [0.5, 0.6) is 0 Å². The molecule has 3 nitrogen and oxygen atoms in total. The van der Waals surface area contributed by atoms with Gasteiger partial charge in [0.15, 0.2) is 9.84 Å². The highest BCUT2D eigenvalue weighted by atomic mass is 32.2. The number of rotatable bonds is 4. The van der Waals surface area contributed by atoms with E-state index in [0.717, 1.165) is 16.6 Å². The predicted molar refractivity (Wildman–Crippen MR) is 116 cm³/mol. The summed E-state index contributed by atoms with van der Waals surface area (Å²) in [6.45, 7) is 6.56. The number of hydrogen-bond donors (Lipinski definition) is 0. The van der Waals surface area contributed by atoms with E-state index in [-0.39, 0.29) is 0 Å². The fourth-order valence-corrected chi connectivity index (χ4v) is 4.90. The van der Waals surface area contributed by atoms with Crippen LogP contribution >= 0.6 is 0 Å². The van der Waals surface area contributed by atoms with Gasteiger partial charge in [-0.1, -0.05) is 37.6 Å². The van der Waals surface area contributed by atoms with Crippen LogP contribution in [-0.4, -0.2) is 19.1 Å². The first-order chi connectivity index (χ1) is 13.3. The fourth-order valence-electron chi connectivity index (χ4n) is 4.00.